The predicted molar refractivity (Wildman–Crippen MR) is 81.5 cm³/mol. The number of thiazole rings is 1. The highest BCUT2D eigenvalue weighted by Crippen LogP contribution is 2.29. The van der Waals surface area contributed by atoms with Crippen LogP contribution in [0.4, 0.5) is 5.82 Å². The summed E-state index contributed by atoms with van der Waals surface area (Å²) in [6.45, 7) is 2.84. The largest absolute Gasteiger partial charge is 0.369 e. The van der Waals surface area contributed by atoms with Crippen LogP contribution in [-0.4, -0.2) is 21.5 Å². The van der Waals surface area contributed by atoms with E-state index >= 15 is 0 Å². The van der Waals surface area contributed by atoms with Crippen LogP contribution < -0.4 is 5.32 Å². The Morgan fingerprint density at radius 1 is 1.37 bits per heavy atom. The van der Waals surface area contributed by atoms with Crippen molar-refractivity contribution in [2.24, 2.45) is 0 Å². The fourth-order valence-electron chi connectivity index (χ4n) is 1.81. The average Bonchev–Trinajstić information content (AvgIpc) is 2.97. The number of anilines is 1. The summed E-state index contributed by atoms with van der Waals surface area (Å²) in [7, 11) is 0. The van der Waals surface area contributed by atoms with E-state index in [9.17, 15) is 0 Å². The second-order valence-corrected chi connectivity index (χ2v) is 6.57. The molecule has 1 N–H and O–H groups in total. The Kier molecular flexibility index (Phi) is 3.63. The lowest BCUT2D eigenvalue weighted by atomic mass is 10.3. The smallest absolute Gasteiger partial charge is 0.225 e. The molecule has 0 bridgehead atoms. The third-order valence-electron chi connectivity index (χ3n) is 2.60. The lowest BCUT2D eigenvalue weighted by Crippen LogP contribution is -2.06. The molecule has 0 aliphatic heterocycles. The van der Waals surface area contributed by atoms with Crippen LogP contribution in [0, 0.1) is 6.92 Å². The molecule has 0 saturated heterocycles. The van der Waals surface area contributed by atoms with E-state index in [0.29, 0.717) is 0 Å². The molecule has 0 fully saturated rings. The lowest BCUT2D eigenvalue weighted by molar-refractivity contribution is 0.988. The Hall–Kier alpha value is -1.24. The van der Waals surface area contributed by atoms with E-state index < -0.39 is 0 Å². The number of fused-ring (bicyclic) bond motifs is 1. The SMILES string of the molecule is Cc1cc2c(NCCc3nccs3)nc(Cl)nc2s1. The standard InChI is InChI=1S/C12H11ClN4S2/c1-7-6-8-10(16-12(13)17-11(8)19-7)15-3-2-9-14-4-5-18-9/h4-6H,2-3H2,1H3,(H,15,16,17). The van der Waals surface area contributed by atoms with E-state index in [1.54, 1.807) is 22.7 Å². The van der Waals surface area contributed by atoms with E-state index in [2.05, 4.69) is 33.3 Å². The Balaban J connectivity index is 1.79. The van der Waals surface area contributed by atoms with Gasteiger partial charge in [-0.15, -0.1) is 22.7 Å². The van der Waals surface area contributed by atoms with Gasteiger partial charge in [-0.05, 0) is 24.6 Å². The van der Waals surface area contributed by atoms with E-state index in [1.165, 1.54) is 4.88 Å². The number of hydrogen-bond acceptors (Lipinski definition) is 6. The topological polar surface area (TPSA) is 50.7 Å². The number of nitrogens with one attached hydrogen (secondary N) is 1. The molecule has 3 aromatic heterocycles. The minimum atomic E-state index is 0.283. The molecule has 3 aromatic rings. The van der Waals surface area contributed by atoms with Gasteiger partial charge in [-0.25, -0.2) is 15.0 Å². The summed E-state index contributed by atoms with van der Waals surface area (Å²) in [5.74, 6) is 0.802. The zero-order chi connectivity index (χ0) is 13.2. The molecule has 0 spiro atoms. The van der Waals surface area contributed by atoms with Crippen LogP contribution in [0.15, 0.2) is 17.6 Å². The first-order chi connectivity index (χ1) is 9.22. The van der Waals surface area contributed by atoms with Crippen molar-refractivity contribution >= 4 is 50.3 Å². The van der Waals surface area contributed by atoms with Crippen molar-refractivity contribution in [1.29, 1.82) is 0 Å². The molecule has 0 atom stereocenters. The summed E-state index contributed by atoms with van der Waals surface area (Å²) in [5, 5.41) is 7.73. The maximum absolute atomic E-state index is 5.95. The van der Waals surface area contributed by atoms with Crippen LogP contribution in [0.3, 0.4) is 0 Å². The molecule has 0 unspecified atom stereocenters. The minimum absolute atomic E-state index is 0.283. The summed E-state index contributed by atoms with van der Waals surface area (Å²) in [6, 6.07) is 2.09. The van der Waals surface area contributed by atoms with Gasteiger partial charge in [0.1, 0.15) is 10.6 Å². The molecular weight excluding hydrogens is 300 g/mol. The van der Waals surface area contributed by atoms with Gasteiger partial charge in [0.15, 0.2) is 0 Å². The fourth-order valence-corrected chi connectivity index (χ4v) is 3.53. The summed E-state index contributed by atoms with van der Waals surface area (Å²) in [4.78, 5) is 14.9. The van der Waals surface area contributed by atoms with Crippen LogP contribution >= 0.6 is 34.3 Å². The van der Waals surface area contributed by atoms with Gasteiger partial charge in [-0.1, -0.05) is 0 Å². The first-order valence-electron chi connectivity index (χ1n) is 5.78. The van der Waals surface area contributed by atoms with Crippen molar-refractivity contribution < 1.29 is 0 Å². The summed E-state index contributed by atoms with van der Waals surface area (Å²) >= 11 is 9.23. The fraction of sp³-hybridized carbons (Fsp3) is 0.250. The molecule has 0 radical (unpaired) electrons. The predicted octanol–water partition coefficient (Wildman–Crippen LogP) is 3.76. The molecule has 4 nitrogen and oxygen atoms in total. The summed E-state index contributed by atoms with van der Waals surface area (Å²) in [6.07, 6.45) is 2.70. The monoisotopic (exact) mass is 310 g/mol. The van der Waals surface area contributed by atoms with Crippen LogP contribution in [0.1, 0.15) is 9.88 Å². The highest BCUT2D eigenvalue weighted by atomic mass is 35.5. The molecule has 0 amide bonds. The number of nitrogens with zero attached hydrogens (tertiary/aromatic N) is 3. The highest BCUT2D eigenvalue weighted by Gasteiger charge is 2.09. The first kappa shape index (κ1) is 12.8. The van der Waals surface area contributed by atoms with Crippen molar-refractivity contribution in [1.82, 2.24) is 15.0 Å². The average molecular weight is 311 g/mol. The molecule has 3 rings (SSSR count). The molecule has 0 saturated carbocycles. The van der Waals surface area contributed by atoms with E-state index in [1.807, 2.05) is 11.6 Å². The van der Waals surface area contributed by atoms with Gasteiger partial charge >= 0.3 is 0 Å². The number of hydrogen-bond donors (Lipinski definition) is 1. The summed E-state index contributed by atoms with van der Waals surface area (Å²) in [5.41, 5.74) is 0. The van der Waals surface area contributed by atoms with Crippen LogP contribution in [0.25, 0.3) is 10.2 Å². The van der Waals surface area contributed by atoms with Gasteiger partial charge in [0, 0.05) is 29.4 Å². The summed E-state index contributed by atoms with van der Waals surface area (Å²) < 4.78 is 0. The maximum Gasteiger partial charge on any atom is 0.225 e. The molecule has 0 aliphatic carbocycles. The van der Waals surface area contributed by atoms with Crippen molar-refractivity contribution in [3.63, 3.8) is 0 Å². The normalized spacial score (nSPS) is 11.1. The zero-order valence-electron chi connectivity index (χ0n) is 10.2. The maximum atomic E-state index is 5.95. The number of halogens is 1. The third-order valence-corrected chi connectivity index (χ3v) is 4.56. The van der Waals surface area contributed by atoms with Gasteiger partial charge in [0.05, 0.1) is 10.4 Å². The quantitative estimate of drug-likeness (QED) is 0.745. The number of rotatable bonds is 4. The second kappa shape index (κ2) is 5.40. The van der Waals surface area contributed by atoms with E-state index in [4.69, 9.17) is 11.6 Å². The van der Waals surface area contributed by atoms with E-state index in [0.717, 1.165) is 34.0 Å². The van der Waals surface area contributed by atoms with Gasteiger partial charge in [-0.2, -0.15) is 0 Å². The molecule has 19 heavy (non-hydrogen) atoms. The number of aryl methyl sites for hydroxylation is 1. The number of thiophene rings is 1. The number of aromatic nitrogens is 3. The van der Waals surface area contributed by atoms with Crippen molar-refractivity contribution in [2.75, 3.05) is 11.9 Å². The lowest BCUT2D eigenvalue weighted by Gasteiger charge is -2.05. The van der Waals surface area contributed by atoms with Crippen LogP contribution in [0.5, 0.6) is 0 Å². The zero-order valence-corrected chi connectivity index (χ0v) is 12.6. The first-order valence-corrected chi connectivity index (χ1v) is 7.86. The highest BCUT2D eigenvalue weighted by molar-refractivity contribution is 7.18. The molecule has 3 heterocycles. The van der Waals surface area contributed by atoms with Crippen LogP contribution in [0.2, 0.25) is 5.28 Å². The van der Waals surface area contributed by atoms with Gasteiger partial charge in [0.2, 0.25) is 5.28 Å². The Morgan fingerprint density at radius 2 is 2.26 bits per heavy atom. The molecule has 98 valence electrons. The minimum Gasteiger partial charge on any atom is -0.369 e. The van der Waals surface area contributed by atoms with Crippen molar-refractivity contribution in [3.8, 4) is 0 Å². The van der Waals surface area contributed by atoms with Crippen LogP contribution in [-0.2, 0) is 6.42 Å². The third kappa shape index (κ3) is 2.86. The van der Waals surface area contributed by atoms with Crippen molar-refractivity contribution in [3.05, 3.63) is 32.8 Å². The van der Waals surface area contributed by atoms with Crippen molar-refractivity contribution in [2.45, 2.75) is 13.3 Å². The van der Waals surface area contributed by atoms with Gasteiger partial charge in [-0.3, -0.25) is 0 Å². The molecule has 7 heteroatoms. The molecule has 0 aliphatic rings. The Labute approximate surface area is 123 Å². The molecule has 0 aromatic carbocycles. The van der Waals surface area contributed by atoms with E-state index in [-0.39, 0.29) is 5.28 Å². The van der Waals surface area contributed by atoms with Gasteiger partial charge < -0.3 is 5.32 Å². The Morgan fingerprint density at radius 3 is 3.05 bits per heavy atom. The van der Waals surface area contributed by atoms with Gasteiger partial charge in [0.25, 0.3) is 0 Å². The Bertz CT molecular complexity index is 693. The molecular formula is C12H11ClN4S2. The second-order valence-electron chi connectivity index (χ2n) is 4.02.